The Hall–Kier alpha value is -2.51. The van der Waals surface area contributed by atoms with Gasteiger partial charge in [-0.05, 0) is 54.8 Å². The van der Waals surface area contributed by atoms with Crippen LogP contribution in [-0.2, 0) is 4.79 Å². The van der Waals surface area contributed by atoms with Gasteiger partial charge in [0.05, 0.1) is 10.6 Å². The monoisotopic (exact) mass is 405 g/mol. The first-order valence-electron chi connectivity index (χ1n) is 8.17. The topological polar surface area (TPSA) is 101 Å². The maximum Gasteiger partial charge on any atom is 0.253 e. The van der Waals surface area contributed by atoms with Gasteiger partial charge in [0.25, 0.3) is 5.91 Å². The molecule has 0 bridgehead atoms. The summed E-state index contributed by atoms with van der Waals surface area (Å²) in [6.45, 7) is 0. The largest absolute Gasteiger partial charge is 0.366 e. The van der Waals surface area contributed by atoms with Crippen molar-refractivity contribution in [1.29, 1.82) is 0 Å². The Morgan fingerprint density at radius 3 is 2.37 bits per heavy atom. The second-order valence-electron chi connectivity index (χ2n) is 5.72. The Labute approximate surface area is 166 Å². The van der Waals surface area contributed by atoms with Crippen molar-refractivity contribution in [2.24, 2.45) is 5.73 Å². The van der Waals surface area contributed by atoms with Gasteiger partial charge in [0.2, 0.25) is 11.8 Å². The third kappa shape index (κ3) is 6.01. The van der Waals surface area contributed by atoms with Crippen LogP contribution in [0, 0.1) is 0 Å². The number of primary amides is 1. The number of nitrogens with one attached hydrogen (secondary N) is 2. The van der Waals surface area contributed by atoms with Crippen LogP contribution in [0.3, 0.4) is 0 Å². The molecule has 0 saturated carbocycles. The first-order chi connectivity index (χ1) is 12.9. The number of anilines is 1. The number of hydrogen-bond acceptors (Lipinski definition) is 4. The van der Waals surface area contributed by atoms with E-state index in [9.17, 15) is 14.4 Å². The lowest BCUT2D eigenvalue weighted by molar-refractivity contribution is -0.118. The van der Waals surface area contributed by atoms with Crippen LogP contribution < -0.4 is 16.4 Å². The summed E-state index contributed by atoms with van der Waals surface area (Å²) in [5, 5.41) is 5.80. The van der Waals surface area contributed by atoms with Crippen molar-refractivity contribution in [2.45, 2.75) is 12.5 Å². The number of carbonyl (C=O) groups is 3. The number of hydrogen-bond donors (Lipinski definition) is 3. The highest BCUT2D eigenvalue weighted by molar-refractivity contribution is 7.98. The molecule has 6 nitrogen and oxygen atoms in total. The van der Waals surface area contributed by atoms with Crippen LogP contribution in [0.4, 0.5) is 5.69 Å². The smallest absolute Gasteiger partial charge is 0.253 e. The molecule has 8 heteroatoms. The van der Waals surface area contributed by atoms with Gasteiger partial charge in [-0.15, -0.1) is 0 Å². The zero-order chi connectivity index (χ0) is 19.8. The second-order valence-corrected chi connectivity index (χ2v) is 7.11. The molecule has 0 fully saturated rings. The maximum atomic E-state index is 12.6. The number of amides is 3. The molecule has 0 saturated heterocycles. The van der Waals surface area contributed by atoms with E-state index in [2.05, 4.69) is 10.6 Å². The standard InChI is InChI=1S/C19H20ClN3O3S/c1-27-11-10-16(23-18(25)14-4-2-3-5-15(14)20)19(26)22-13-8-6-12(7-9-13)17(21)24/h2-9,16H,10-11H2,1H3,(H2,21,24)(H,22,26)(H,23,25)/t16-/m0/s1. The number of thioether (sulfide) groups is 1. The molecule has 4 N–H and O–H groups in total. The molecule has 0 heterocycles. The summed E-state index contributed by atoms with van der Waals surface area (Å²) in [6.07, 6.45) is 2.38. The summed E-state index contributed by atoms with van der Waals surface area (Å²) < 4.78 is 0. The lowest BCUT2D eigenvalue weighted by atomic mass is 10.1. The first kappa shape index (κ1) is 20.8. The van der Waals surface area contributed by atoms with Gasteiger partial charge in [-0.3, -0.25) is 14.4 Å². The summed E-state index contributed by atoms with van der Waals surface area (Å²) in [6, 6.07) is 12.1. The summed E-state index contributed by atoms with van der Waals surface area (Å²) in [5.74, 6) is -0.610. The van der Waals surface area contributed by atoms with Crippen LogP contribution in [0.5, 0.6) is 0 Å². The molecule has 0 aliphatic carbocycles. The highest BCUT2D eigenvalue weighted by Crippen LogP contribution is 2.16. The van der Waals surface area contributed by atoms with E-state index in [4.69, 9.17) is 17.3 Å². The Kier molecular flexibility index (Phi) is 7.69. The van der Waals surface area contributed by atoms with E-state index in [1.165, 1.54) is 12.1 Å². The highest BCUT2D eigenvalue weighted by atomic mass is 35.5. The molecule has 0 spiro atoms. The van der Waals surface area contributed by atoms with Crippen molar-refractivity contribution in [2.75, 3.05) is 17.3 Å². The van der Waals surface area contributed by atoms with Crippen LogP contribution in [0.15, 0.2) is 48.5 Å². The van der Waals surface area contributed by atoms with E-state index in [1.807, 2.05) is 6.26 Å². The van der Waals surface area contributed by atoms with E-state index in [0.717, 1.165) is 0 Å². The van der Waals surface area contributed by atoms with Gasteiger partial charge < -0.3 is 16.4 Å². The number of halogens is 1. The summed E-state index contributed by atoms with van der Waals surface area (Å²) in [5.41, 5.74) is 6.37. The number of rotatable bonds is 8. The van der Waals surface area contributed by atoms with Crippen molar-refractivity contribution < 1.29 is 14.4 Å². The number of carbonyl (C=O) groups excluding carboxylic acids is 3. The molecule has 0 radical (unpaired) electrons. The first-order valence-corrected chi connectivity index (χ1v) is 9.94. The molecule has 3 amide bonds. The molecule has 0 aliphatic heterocycles. The van der Waals surface area contributed by atoms with Gasteiger partial charge in [-0.25, -0.2) is 0 Å². The molecular formula is C19H20ClN3O3S. The van der Waals surface area contributed by atoms with Crippen LogP contribution in [-0.4, -0.2) is 35.8 Å². The Bertz CT molecular complexity index is 827. The third-order valence-electron chi connectivity index (χ3n) is 3.79. The molecule has 0 unspecified atom stereocenters. The van der Waals surface area contributed by atoms with Gasteiger partial charge in [-0.1, -0.05) is 23.7 Å². The van der Waals surface area contributed by atoms with Crippen LogP contribution in [0.2, 0.25) is 5.02 Å². The van der Waals surface area contributed by atoms with Gasteiger partial charge in [0.1, 0.15) is 6.04 Å². The quantitative estimate of drug-likeness (QED) is 0.628. The molecule has 142 valence electrons. The fraction of sp³-hybridized carbons (Fsp3) is 0.211. The van der Waals surface area contributed by atoms with Crippen LogP contribution >= 0.6 is 23.4 Å². The highest BCUT2D eigenvalue weighted by Gasteiger charge is 2.22. The molecule has 2 aromatic carbocycles. The van der Waals surface area contributed by atoms with E-state index in [1.54, 1.807) is 48.2 Å². The molecule has 0 aliphatic rings. The average molecular weight is 406 g/mol. The van der Waals surface area contributed by atoms with E-state index < -0.39 is 17.9 Å². The van der Waals surface area contributed by atoms with Gasteiger partial charge in [-0.2, -0.15) is 11.8 Å². The maximum absolute atomic E-state index is 12.6. The lowest BCUT2D eigenvalue weighted by Gasteiger charge is -2.18. The van der Waals surface area contributed by atoms with Crippen molar-refractivity contribution >= 4 is 46.8 Å². The van der Waals surface area contributed by atoms with E-state index in [0.29, 0.717) is 34.0 Å². The van der Waals surface area contributed by atoms with Gasteiger partial charge >= 0.3 is 0 Å². The molecule has 2 aromatic rings. The number of nitrogens with two attached hydrogens (primary N) is 1. The Morgan fingerprint density at radius 2 is 1.78 bits per heavy atom. The van der Waals surface area contributed by atoms with Crippen LogP contribution in [0.25, 0.3) is 0 Å². The van der Waals surface area contributed by atoms with Crippen molar-refractivity contribution in [3.63, 3.8) is 0 Å². The normalized spacial score (nSPS) is 11.5. The Morgan fingerprint density at radius 1 is 1.11 bits per heavy atom. The minimum Gasteiger partial charge on any atom is -0.366 e. The predicted molar refractivity (Wildman–Crippen MR) is 109 cm³/mol. The predicted octanol–water partition coefficient (Wildman–Crippen LogP) is 2.93. The van der Waals surface area contributed by atoms with Crippen molar-refractivity contribution in [3.05, 3.63) is 64.7 Å². The van der Waals surface area contributed by atoms with Gasteiger partial charge in [0, 0.05) is 11.3 Å². The summed E-state index contributed by atoms with van der Waals surface area (Å²) in [7, 11) is 0. The molecule has 0 aromatic heterocycles. The summed E-state index contributed by atoms with van der Waals surface area (Å²) in [4.78, 5) is 36.2. The van der Waals surface area contributed by atoms with Crippen molar-refractivity contribution in [3.8, 4) is 0 Å². The van der Waals surface area contributed by atoms with Gasteiger partial charge in [0.15, 0.2) is 0 Å². The number of benzene rings is 2. The SMILES string of the molecule is CSCC[C@H](NC(=O)c1ccccc1Cl)C(=O)Nc1ccc(C(N)=O)cc1. The molecular weight excluding hydrogens is 386 g/mol. The minimum atomic E-state index is -0.725. The lowest BCUT2D eigenvalue weighted by Crippen LogP contribution is -2.44. The zero-order valence-electron chi connectivity index (χ0n) is 14.7. The third-order valence-corrected chi connectivity index (χ3v) is 4.76. The molecule has 27 heavy (non-hydrogen) atoms. The fourth-order valence-corrected chi connectivity index (χ4v) is 3.03. The molecule has 1 atom stereocenters. The minimum absolute atomic E-state index is 0.312. The second kappa shape index (κ2) is 9.99. The summed E-state index contributed by atoms with van der Waals surface area (Å²) >= 11 is 7.63. The van der Waals surface area contributed by atoms with Crippen LogP contribution in [0.1, 0.15) is 27.1 Å². The zero-order valence-corrected chi connectivity index (χ0v) is 16.3. The van der Waals surface area contributed by atoms with E-state index in [-0.39, 0.29) is 5.91 Å². The Balaban J connectivity index is 2.09. The fourth-order valence-electron chi connectivity index (χ4n) is 2.33. The molecule has 2 rings (SSSR count). The van der Waals surface area contributed by atoms with E-state index >= 15 is 0 Å². The van der Waals surface area contributed by atoms with Crippen molar-refractivity contribution in [1.82, 2.24) is 5.32 Å². The average Bonchev–Trinajstić information content (AvgIpc) is 2.65.